The van der Waals surface area contributed by atoms with Crippen molar-refractivity contribution in [2.45, 2.75) is 13.0 Å². The van der Waals surface area contributed by atoms with E-state index in [2.05, 4.69) is 10.6 Å². The molecule has 0 spiro atoms. The Bertz CT molecular complexity index is 750. The molecule has 24 heavy (non-hydrogen) atoms. The first-order chi connectivity index (χ1) is 11.6. The van der Waals surface area contributed by atoms with Gasteiger partial charge in [0.1, 0.15) is 6.04 Å². The SMILES string of the molecule is CNC(C(=O)Nc1ccc(/C(C=N)=C/N)cc1)c1cccc(C)c1. The van der Waals surface area contributed by atoms with Crippen LogP contribution >= 0.6 is 0 Å². The second kappa shape index (κ2) is 8.08. The van der Waals surface area contributed by atoms with Crippen molar-refractivity contribution in [3.05, 3.63) is 71.4 Å². The van der Waals surface area contributed by atoms with Crippen LogP contribution in [0, 0.1) is 12.3 Å². The largest absolute Gasteiger partial charge is 0.404 e. The van der Waals surface area contributed by atoms with Crippen LogP contribution in [-0.4, -0.2) is 19.2 Å². The van der Waals surface area contributed by atoms with Gasteiger partial charge in [0.15, 0.2) is 0 Å². The van der Waals surface area contributed by atoms with E-state index >= 15 is 0 Å². The van der Waals surface area contributed by atoms with E-state index in [0.717, 1.165) is 16.7 Å². The van der Waals surface area contributed by atoms with Gasteiger partial charge in [-0.2, -0.15) is 0 Å². The van der Waals surface area contributed by atoms with Crippen LogP contribution in [0.15, 0.2) is 54.7 Å². The normalized spacial score (nSPS) is 12.5. The summed E-state index contributed by atoms with van der Waals surface area (Å²) >= 11 is 0. The highest BCUT2D eigenvalue weighted by Gasteiger charge is 2.18. The smallest absolute Gasteiger partial charge is 0.246 e. The minimum atomic E-state index is -0.425. The number of rotatable bonds is 6. The van der Waals surface area contributed by atoms with Gasteiger partial charge in [-0.05, 0) is 37.2 Å². The number of aryl methyl sites for hydroxylation is 1. The Morgan fingerprint density at radius 2 is 1.92 bits per heavy atom. The van der Waals surface area contributed by atoms with Gasteiger partial charge in [-0.3, -0.25) is 4.79 Å². The van der Waals surface area contributed by atoms with Crippen LogP contribution in [-0.2, 0) is 4.79 Å². The molecular formula is C19H22N4O. The average Bonchev–Trinajstić information content (AvgIpc) is 2.58. The maximum absolute atomic E-state index is 12.5. The summed E-state index contributed by atoms with van der Waals surface area (Å²) in [6.45, 7) is 2.00. The number of carbonyl (C=O) groups excluding carboxylic acids is 1. The third-order valence-corrected chi connectivity index (χ3v) is 3.75. The highest BCUT2D eigenvalue weighted by molar-refractivity contribution is 6.08. The first-order valence-electron chi connectivity index (χ1n) is 7.66. The highest BCUT2D eigenvalue weighted by atomic mass is 16.2. The number of allylic oxidation sites excluding steroid dienone is 1. The number of likely N-dealkylation sites (N-methyl/N-ethyl adjacent to an activating group) is 1. The fourth-order valence-corrected chi connectivity index (χ4v) is 2.49. The Kier molecular flexibility index (Phi) is 5.87. The van der Waals surface area contributed by atoms with Crippen molar-refractivity contribution in [3.8, 4) is 0 Å². The molecular weight excluding hydrogens is 300 g/mol. The minimum Gasteiger partial charge on any atom is -0.404 e. The number of amides is 1. The molecule has 2 rings (SSSR count). The number of hydrogen-bond acceptors (Lipinski definition) is 4. The van der Waals surface area contributed by atoms with Gasteiger partial charge in [-0.1, -0.05) is 42.0 Å². The van der Waals surface area contributed by atoms with E-state index < -0.39 is 6.04 Å². The fraction of sp³-hybridized carbons (Fsp3) is 0.158. The van der Waals surface area contributed by atoms with Crippen molar-refractivity contribution in [3.63, 3.8) is 0 Å². The maximum Gasteiger partial charge on any atom is 0.246 e. The van der Waals surface area contributed by atoms with Crippen LogP contribution in [0.25, 0.3) is 5.57 Å². The van der Waals surface area contributed by atoms with Gasteiger partial charge in [0.2, 0.25) is 5.91 Å². The average molecular weight is 322 g/mol. The zero-order valence-electron chi connectivity index (χ0n) is 13.8. The lowest BCUT2D eigenvalue weighted by Crippen LogP contribution is -2.30. The molecule has 1 unspecified atom stereocenters. The zero-order chi connectivity index (χ0) is 17.5. The Labute approximate surface area is 142 Å². The van der Waals surface area contributed by atoms with Gasteiger partial charge in [0.25, 0.3) is 0 Å². The Balaban J connectivity index is 2.14. The lowest BCUT2D eigenvalue weighted by molar-refractivity contribution is -0.118. The van der Waals surface area contributed by atoms with Crippen molar-refractivity contribution < 1.29 is 4.79 Å². The summed E-state index contributed by atoms with van der Waals surface area (Å²) in [7, 11) is 1.76. The molecule has 5 N–H and O–H groups in total. The van der Waals surface area contributed by atoms with Gasteiger partial charge in [-0.15, -0.1) is 0 Å². The van der Waals surface area contributed by atoms with E-state index in [9.17, 15) is 4.79 Å². The number of benzene rings is 2. The topological polar surface area (TPSA) is 91.0 Å². The highest BCUT2D eigenvalue weighted by Crippen LogP contribution is 2.19. The molecule has 0 saturated carbocycles. The van der Waals surface area contributed by atoms with Gasteiger partial charge >= 0.3 is 0 Å². The zero-order valence-corrected chi connectivity index (χ0v) is 13.8. The lowest BCUT2D eigenvalue weighted by atomic mass is 10.0. The van der Waals surface area contributed by atoms with Crippen LogP contribution in [0.4, 0.5) is 5.69 Å². The first kappa shape index (κ1) is 17.4. The predicted octanol–water partition coefficient (Wildman–Crippen LogP) is 2.84. The Hall–Kier alpha value is -2.92. The molecule has 124 valence electrons. The third-order valence-electron chi connectivity index (χ3n) is 3.75. The molecule has 0 heterocycles. The van der Waals surface area contributed by atoms with Crippen LogP contribution in [0.5, 0.6) is 0 Å². The van der Waals surface area contributed by atoms with Crippen molar-refractivity contribution >= 4 is 23.4 Å². The van der Waals surface area contributed by atoms with Gasteiger partial charge < -0.3 is 21.8 Å². The number of anilines is 1. The quantitative estimate of drug-likeness (QED) is 0.616. The standard InChI is InChI=1S/C19H22N4O/c1-13-4-3-5-15(10-13)18(22-2)19(24)23-17-8-6-14(7-9-17)16(11-20)12-21/h3-12,18,20,22H,21H2,1-2H3,(H,23,24)/b16-12+,20-11?. The van der Waals surface area contributed by atoms with E-state index in [4.69, 9.17) is 11.1 Å². The summed E-state index contributed by atoms with van der Waals surface area (Å²) < 4.78 is 0. The Morgan fingerprint density at radius 3 is 2.46 bits per heavy atom. The van der Waals surface area contributed by atoms with Crippen LogP contribution < -0.4 is 16.4 Å². The number of carbonyl (C=O) groups is 1. The third kappa shape index (κ3) is 4.08. The molecule has 0 aliphatic heterocycles. The molecule has 0 aromatic heterocycles. The second-order valence-corrected chi connectivity index (χ2v) is 5.47. The van der Waals surface area contributed by atoms with Gasteiger partial charge in [0, 0.05) is 23.7 Å². The minimum absolute atomic E-state index is 0.127. The second-order valence-electron chi connectivity index (χ2n) is 5.47. The van der Waals surface area contributed by atoms with E-state index in [-0.39, 0.29) is 5.91 Å². The van der Waals surface area contributed by atoms with Crippen LogP contribution in [0.1, 0.15) is 22.7 Å². The van der Waals surface area contributed by atoms with Crippen LogP contribution in [0.3, 0.4) is 0 Å². The summed E-state index contributed by atoms with van der Waals surface area (Å²) in [5.41, 5.74) is 9.65. The summed E-state index contributed by atoms with van der Waals surface area (Å²) in [6, 6.07) is 14.7. The fourth-order valence-electron chi connectivity index (χ4n) is 2.49. The number of hydrogen-bond donors (Lipinski definition) is 4. The summed E-state index contributed by atoms with van der Waals surface area (Å²) in [5, 5.41) is 13.3. The molecule has 0 saturated heterocycles. The van der Waals surface area contributed by atoms with Crippen molar-refractivity contribution in [1.29, 1.82) is 5.41 Å². The Morgan fingerprint density at radius 1 is 1.21 bits per heavy atom. The molecule has 2 aromatic carbocycles. The van der Waals surface area contributed by atoms with E-state index in [1.54, 1.807) is 19.2 Å². The van der Waals surface area contributed by atoms with E-state index in [1.807, 2.05) is 43.3 Å². The number of nitrogens with two attached hydrogens (primary N) is 1. The summed E-state index contributed by atoms with van der Waals surface area (Å²) in [5.74, 6) is -0.127. The van der Waals surface area contributed by atoms with Crippen molar-refractivity contribution in [1.82, 2.24) is 5.32 Å². The molecule has 5 heteroatoms. The van der Waals surface area contributed by atoms with E-state index in [0.29, 0.717) is 11.3 Å². The van der Waals surface area contributed by atoms with Crippen molar-refractivity contribution in [2.24, 2.45) is 5.73 Å². The van der Waals surface area contributed by atoms with E-state index in [1.165, 1.54) is 12.4 Å². The molecule has 0 fully saturated rings. The van der Waals surface area contributed by atoms with Crippen LogP contribution in [0.2, 0.25) is 0 Å². The molecule has 0 bridgehead atoms. The maximum atomic E-state index is 12.5. The number of nitrogens with one attached hydrogen (secondary N) is 3. The summed E-state index contributed by atoms with van der Waals surface area (Å²) in [4.78, 5) is 12.5. The molecule has 1 amide bonds. The van der Waals surface area contributed by atoms with Gasteiger partial charge in [0.05, 0.1) is 0 Å². The molecule has 0 radical (unpaired) electrons. The lowest BCUT2D eigenvalue weighted by Gasteiger charge is -2.17. The van der Waals surface area contributed by atoms with Gasteiger partial charge in [-0.25, -0.2) is 0 Å². The summed E-state index contributed by atoms with van der Waals surface area (Å²) in [6.07, 6.45) is 2.58. The molecule has 0 aliphatic carbocycles. The molecule has 1 atom stereocenters. The first-order valence-corrected chi connectivity index (χ1v) is 7.66. The predicted molar refractivity (Wildman–Crippen MR) is 99.0 cm³/mol. The molecule has 2 aromatic rings. The molecule has 5 nitrogen and oxygen atoms in total. The van der Waals surface area contributed by atoms with Crippen molar-refractivity contribution in [2.75, 3.05) is 12.4 Å². The molecule has 0 aliphatic rings. The monoisotopic (exact) mass is 322 g/mol.